The Balaban J connectivity index is 1.12. The smallest absolute Gasteiger partial charge is 0.0755 e. The molecule has 11 aromatic carbocycles. The molecule has 0 saturated heterocycles. The molecule has 2 heterocycles. The number of hydrogen-bond acceptors (Lipinski definition) is 2. The van der Waals surface area contributed by atoms with Gasteiger partial charge in [-0.05, 0) is 135 Å². The Kier molecular flexibility index (Phi) is 8.11. The minimum absolute atomic E-state index is 0.655. The average Bonchev–Trinajstić information content (AvgIpc) is 3.88. The Morgan fingerprint density at radius 1 is 0.358 bits per heavy atom. The van der Waals surface area contributed by atoms with Gasteiger partial charge in [-0.15, -0.1) is 0 Å². The van der Waals surface area contributed by atoms with Crippen molar-refractivity contribution < 1.29 is 0 Å². The fourth-order valence-electron chi connectivity index (χ4n) is 11.9. The van der Waals surface area contributed by atoms with Gasteiger partial charge in [0, 0.05) is 38.9 Å². The molecule has 0 fully saturated rings. The second-order valence-electron chi connectivity index (χ2n) is 18.1. The SMILES string of the molecule is Cc1ccc(N(c2ccc3c(c2)c2ccccc2n3-c2ccccc2)c2cc3c(c4ccccc24)-c2c(ccc4ccccc24)C32c3ccccc3N(c3ccccc3)c3ccccc32)cc1. The first kappa shape index (κ1) is 37.7. The molecule has 0 atom stereocenters. The van der Waals surface area contributed by atoms with Crippen LogP contribution < -0.4 is 9.80 Å². The zero-order chi connectivity index (χ0) is 44.2. The molecule has 0 bridgehead atoms. The van der Waals surface area contributed by atoms with Crippen molar-refractivity contribution in [1.82, 2.24) is 4.57 Å². The number of aromatic nitrogens is 1. The van der Waals surface area contributed by atoms with Crippen molar-refractivity contribution in [3.05, 3.63) is 270 Å². The zero-order valence-electron chi connectivity index (χ0n) is 36.9. The molecule has 12 aromatic rings. The van der Waals surface area contributed by atoms with Crippen LogP contribution in [0.5, 0.6) is 0 Å². The first-order valence-electron chi connectivity index (χ1n) is 23.3. The quantitative estimate of drug-likeness (QED) is 0.171. The highest BCUT2D eigenvalue weighted by molar-refractivity contribution is 6.17. The van der Waals surface area contributed by atoms with E-state index < -0.39 is 5.41 Å². The molecule has 1 aliphatic heterocycles. The van der Waals surface area contributed by atoms with Gasteiger partial charge in [-0.1, -0.05) is 169 Å². The van der Waals surface area contributed by atoms with Gasteiger partial charge in [0.05, 0.1) is 33.5 Å². The van der Waals surface area contributed by atoms with E-state index >= 15 is 0 Å². The van der Waals surface area contributed by atoms with Gasteiger partial charge in [0.15, 0.2) is 0 Å². The van der Waals surface area contributed by atoms with Crippen LogP contribution in [0.3, 0.4) is 0 Å². The maximum Gasteiger partial charge on any atom is 0.0755 e. The first-order chi connectivity index (χ1) is 33.2. The van der Waals surface area contributed by atoms with Crippen LogP contribution in [0, 0.1) is 6.92 Å². The summed E-state index contributed by atoms with van der Waals surface area (Å²) in [7, 11) is 0. The van der Waals surface area contributed by atoms with Crippen LogP contribution in [0.25, 0.3) is 60.2 Å². The summed E-state index contributed by atoms with van der Waals surface area (Å²) >= 11 is 0. The van der Waals surface area contributed by atoms with Crippen molar-refractivity contribution in [2.24, 2.45) is 0 Å². The third-order valence-corrected chi connectivity index (χ3v) is 14.6. The van der Waals surface area contributed by atoms with Gasteiger partial charge in [-0.3, -0.25) is 0 Å². The number of benzene rings is 11. The van der Waals surface area contributed by atoms with E-state index in [9.17, 15) is 0 Å². The highest BCUT2D eigenvalue weighted by Gasteiger charge is 2.53. The molecule has 1 aliphatic carbocycles. The Hall–Kier alpha value is -8.66. The molecule has 0 saturated carbocycles. The molecule has 3 heteroatoms. The third kappa shape index (κ3) is 5.28. The van der Waals surface area contributed by atoms with Gasteiger partial charge in [-0.2, -0.15) is 0 Å². The predicted octanol–water partition coefficient (Wildman–Crippen LogP) is 17.0. The molecule has 3 nitrogen and oxygen atoms in total. The van der Waals surface area contributed by atoms with E-state index in [2.05, 4.69) is 264 Å². The summed E-state index contributed by atoms with van der Waals surface area (Å²) in [6.07, 6.45) is 0. The van der Waals surface area contributed by atoms with E-state index in [0.29, 0.717) is 0 Å². The van der Waals surface area contributed by atoms with E-state index in [-0.39, 0.29) is 0 Å². The van der Waals surface area contributed by atoms with E-state index in [0.717, 1.165) is 28.4 Å². The lowest BCUT2D eigenvalue weighted by Gasteiger charge is -2.45. The molecule has 0 radical (unpaired) electrons. The number of para-hydroxylation sites is 5. The number of nitrogens with zero attached hydrogens (tertiary/aromatic N) is 3. The van der Waals surface area contributed by atoms with Gasteiger partial charge in [0.1, 0.15) is 0 Å². The van der Waals surface area contributed by atoms with E-state index in [4.69, 9.17) is 0 Å². The minimum Gasteiger partial charge on any atom is -0.310 e. The van der Waals surface area contributed by atoms with Crippen molar-refractivity contribution in [2.45, 2.75) is 12.3 Å². The summed E-state index contributed by atoms with van der Waals surface area (Å²) in [4.78, 5) is 4.98. The molecule has 1 spiro atoms. The minimum atomic E-state index is -0.655. The monoisotopic (exact) mass is 853 g/mol. The average molecular weight is 854 g/mol. The highest BCUT2D eigenvalue weighted by atomic mass is 15.2. The summed E-state index contributed by atoms with van der Waals surface area (Å²) < 4.78 is 2.40. The predicted molar refractivity (Wildman–Crippen MR) is 281 cm³/mol. The highest BCUT2D eigenvalue weighted by Crippen LogP contribution is 2.66. The largest absolute Gasteiger partial charge is 0.310 e. The number of rotatable bonds is 5. The topological polar surface area (TPSA) is 11.4 Å². The van der Waals surface area contributed by atoms with Crippen LogP contribution in [0.2, 0.25) is 0 Å². The van der Waals surface area contributed by atoms with Gasteiger partial charge in [0.2, 0.25) is 0 Å². The van der Waals surface area contributed by atoms with Gasteiger partial charge in [0.25, 0.3) is 0 Å². The van der Waals surface area contributed by atoms with Crippen molar-refractivity contribution in [2.75, 3.05) is 9.80 Å². The molecule has 0 amide bonds. The third-order valence-electron chi connectivity index (χ3n) is 14.6. The standard InChI is InChI=1S/C64H43N3/c1-42-32-35-46(36-33-42)65(47-37-39-58-52(40-47)50-25-12-15-29-57(50)66(58)44-19-4-2-5-20-44)61-41-56-63(51-26-11-10-24-49(51)61)62-48-23-9-8-18-43(48)34-38-55(62)64(56)53-27-13-16-30-59(53)67(45-21-6-3-7-22-45)60-31-17-14-28-54(60)64/h2-41H,1H3. The Bertz CT molecular complexity index is 3890. The van der Waals surface area contributed by atoms with E-state index in [1.165, 1.54) is 93.7 Å². The number of anilines is 6. The maximum atomic E-state index is 2.56. The lowest BCUT2D eigenvalue weighted by molar-refractivity contribution is 0.753. The fourth-order valence-corrected chi connectivity index (χ4v) is 11.9. The summed E-state index contributed by atoms with van der Waals surface area (Å²) in [5.74, 6) is 0. The van der Waals surface area contributed by atoms with Crippen molar-refractivity contribution in [3.63, 3.8) is 0 Å². The number of fused-ring (bicyclic) bond motifs is 16. The van der Waals surface area contributed by atoms with Gasteiger partial charge < -0.3 is 14.4 Å². The van der Waals surface area contributed by atoms with Crippen LogP contribution in [-0.4, -0.2) is 4.57 Å². The molecule has 14 rings (SSSR count). The maximum absolute atomic E-state index is 2.56. The molecule has 67 heavy (non-hydrogen) atoms. The Morgan fingerprint density at radius 2 is 0.910 bits per heavy atom. The molecule has 0 N–H and O–H groups in total. The second-order valence-corrected chi connectivity index (χ2v) is 18.1. The van der Waals surface area contributed by atoms with Gasteiger partial charge in [-0.25, -0.2) is 0 Å². The lowest BCUT2D eigenvalue weighted by atomic mass is 9.64. The van der Waals surface area contributed by atoms with Crippen LogP contribution >= 0.6 is 0 Å². The summed E-state index contributed by atoms with van der Waals surface area (Å²) in [6, 6.07) is 90.3. The molecular formula is C64H43N3. The summed E-state index contributed by atoms with van der Waals surface area (Å²) in [5, 5.41) is 7.39. The normalized spacial score (nSPS) is 13.2. The van der Waals surface area contributed by atoms with Crippen LogP contribution in [0.4, 0.5) is 34.1 Å². The van der Waals surface area contributed by atoms with Crippen LogP contribution in [0.1, 0.15) is 27.8 Å². The first-order valence-corrected chi connectivity index (χ1v) is 23.3. The number of hydrogen-bond donors (Lipinski definition) is 0. The second kappa shape index (κ2) is 14.4. The summed E-state index contributed by atoms with van der Waals surface area (Å²) in [6.45, 7) is 2.17. The van der Waals surface area contributed by atoms with E-state index in [1.54, 1.807) is 0 Å². The Labute approximate surface area is 389 Å². The fraction of sp³-hybridized carbons (Fsp3) is 0.0312. The molecule has 0 unspecified atom stereocenters. The molecule has 2 aliphatic rings. The Morgan fingerprint density at radius 3 is 1.64 bits per heavy atom. The van der Waals surface area contributed by atoms with E-state index in [1.807, 2.05) is 0 Å². The lowest BCUT2D eigenvalue weighted by Crippen LogP contribution is -2.36. The zero-order valence-corrected chi connectivity index (χ0v) is 36.9. The van der Waals surface area contributed by atoms with Gasteiger partial charge >= 0.3 is 0 Å². The number of aryl methyl sites for hydroxylation is 1. The molecule has 314 valence electrons. The van der Waals surface area contributed by atoms with Crippen molar-refractivity contribution >= 4 is 77.5 Å². The van der Waals surface area contributed by atoms with Crippen molar-refractivity contribution in [1.29, 1.82) is 0 Å². The molecular weight excluding hydrogens is 811 g/mol. The molecule has 1 aromatic heterocycles. The van der Waals surface area contributed by atoms with Crippen LogP contribution in [0.15, 0.2) is 243 Å². The van der Waals surface area contributed by atoms with Crippen molar-refractivity contribution in [3.8, 4) is 16.8 Å². The summed E-state index contributed by atoms with van der Waals surface area (Å²) in [5.41, 5.74) is 18.7. The van der Waals surface area contributed by atoms with Crippen LogP contribution in [-0.2, 0) is 5.41 Å².